The van der Waals surface area contributed by atoms with Crippen LogP contribution in [0.1, 0.15) is 43.9 Å². The van der Waals surface area contributed by atoms with E-state index in [0.29, 0.717) is 11.1 Å². The molecule has 0 spiro atoms. The topological polar surface area (TPSA) is 55.5 Å². The Morgan fingerprint density at radius 3 is 2.25 bits per heavy atom. The summed E-state index contributed by atoms with van der Waals surface area (Å²) >= 11 is 0. The van der Waals surface area contributed by atoms with E-state index in [1.54, 1.807) is 13.0 Å². The van der Waals surface area contributed by atoms with E-state index in [4.69, 9.17) is 5.73 Å². The Morgan fingerprint density at radius 1 is 1.25 bits per heavy atom. The molecule has 1 rings (SSSR count). The summed E-state index contributed by atoms with van der Waals surface area (Å²) in [6, 6.07) is 4.02. The first-order chi connectivity index (χ1) is 9.23. The molecule has 0 amide bonds. The molecule has 0 aliphatic rings. The van der Waals surface area contributed by atoms with E-state index in [0.717, 1.165) is 0 Å². The highest BCUT2D eigenvalue weighted by Crippen LogP contribution is 2.28. The Kier molecular flexibility index (Phi) is 8.25. The van der Waals surface area contributed by atoms with Crippen LogP contribution in [0.3, 0.4) is 0 Å². The van der Waals surface area contributed by atoms with Gasteiger partial charge >= 0.3 is 6.36 Å². The minimum atomic E-state index is -4.73. The Bertz CT molecular complexity index is 394. The third kappa shape index (κ3) is 8.01. The molecule has 0 aliphatic carbocycles. The van der Waals surface area contributed by atoms with Crippen LogP contribution in [-0.4, -0.2) is 18.0 Å². The van der Waals surface area contributed by atoms with Crippen LogP contribution in [0.4, 0.5) is 13.2 Å². The summed E-state index contributed by atoms with van der Waals surface area (Å²) in [5.41, 5.74) is 6.22. The summed E-state index contributed by atoms with van der Waals surface area (Å²) in [4.78, 5) is 0. The van der Waals surface area contributed by atoms with Crippen LogP contribution in [0.25, 0.3) is 0 Å². The molecule has 0 saturated heterocycles. The summed E-state index contributed by atoms with van der Waals surface area (Å²) in [7, 11) is 0. The van der Waals surface area contributed by atoms with Crippen LogP contribution in [0.15, 0.2) is 18.2 Å². The van der Waals surface area contributed by atoms with Crippen molar-refractivity contribution in [1.82, 2.24) is 0 Å². The van der Waals surface area contributed by atoms with Gasteiger partial charge in [0.05, 0.1) is 6.10 Å². The molecule has 0 fully saturated rings. The number of aryl methyl sites for hydroxylation is 1. The number of benzene rings is 1. The van der Waals surface area contributed by atoms with Gasteiger partial charge in [-0.05, 0) is 43.1 Å². The third-order valence-electron chi connectivity index (χ3n) is 2.13. The van der Waals surface area contributed by atoms with E-state index in [1.165, 1.54) is 18.6 Å². The van der Waals surface area contributed by atoms with Gasteiger partial charge in [-0.25, -0.2) is 0 Å². The first-order valence-corrected chi connectivity index (χ1v) is 6.48. The Morgan fingerprint density at radius 2 is 1.80 bits per heavy atom. The van der Waals surface area contributed by atoms with Crippen LogP contribution in [0.2, 0.25) is 0 Å². The lowest BCUT2D eigenvalue weighted by molar-refractivity contribution is -0.274. The number of ether oxygens (including phenoxy) is 1. The highest BCUT2D eigenvalue weighted by molar-refractivity contribution is 5.35. The SMILES string of the molecule is CCC.Cc1cc(OC(F)(F)F)cc(C(O)CCN)c1. The van der Waals surface area contributed by atoms with Gasteiger partial charge in [0.25, 0.3) is 0 Å². The lowest BCUT2D eigenvalue weighted by atomic mass is 10.0. The van der Waals surface area contributed by atoms with Gasteiger partial charge in [-0.1, -0.05) is 26.3 Å². The summed E-state index contributed by atoms with van der Waals surface area (Å²) in [5, 5.41) is 9.65. The molecular formula is C14H22F3NO2. The number of aliphatic hydroxyl groups excluding tert-OH is 1. The first kappa shape index (κ1) is 18.7. The van der Waals surface area contributed by atoms with E-state index >= 15 is 0 Å². The van der Waals surface area contributed by atoms with Crippen molar-refractivity contribution in [3.05, 3.63) is 29.3 Å². The number of hydrogen-bond acceptors (Lipinski definition) is 3. The minimum absolute atomic E-state index is 0.255. The molecule has 1 aromatic carbocycles. The van der Waals surface area contributed by atoms with Gasteiger partial charge in [0.15, 0.2) is 0 Å². The molecule has 0 aliphatic heterocycles. The summed E-state index contributed by atoms with van der Waals surface area (Å²) in [5.74, 6) is -0.330. The molecule has 1 unspecified atom stereocenters. The number of alkyl halides is 3. The second-order valence-electron chi connectivity index (χ2n) is 4.43. The third-order valence-corrected chi connectivity index (χ3v) is 2.13. The predicted octanol–water partition coefficient (Wildman–Crippen LogP) is 3.69. The monoisotopic (exact) mass is 293 g/mol. The molecule has 3 nitrogen and oxygen atoms in total. The van der Waals surface area contributed by atoms with Crippen molar-refractivity contribution in [3.63, 3.8) is 0 Å². The highest BCUT2D eigenvalue weighted by atomic mass is 19.4. The van der Waals surface area contributed by atoms with Crippen molar-refractivity contribution in [1.29, 1.82) is 0 Å². The van der Waals surface area contributed by atoms with Crippen molar-refractivity contribution in [2.75, 3.05) is 6.54 Å². The van der Waals surface area contributed by atoms with Crippen molar-refractivity contribution in [2.45, 2.75) is 46.1 Å². The Labute approximate surface area is 117 Å². The fraction of sp³-hybridized carbons (Fsp3) is 0.571. The van der Waals surface area contributed by atoms with Crippen LogP contribution < -0.4 is 10.5 Å². The van der Waals surface area contributed by atoms with Gasteiger partial charge in [0.2, 0.25) is 0 Å². The minimum Gasteiger partial charge on any atom is -0.406 e. The number of aliphatic hydroxyl groups is 1. The van der Waals surface area contributed by atoms with Crippen molar-refractivity contribution in [3.8, 4) is 5.75 Å². The average Bonchev–Trinajstić information content (AvgIpc) is 2.27. The normalized spacial score (nSPS) is 12.4. The molecule has 0 saturated carbocycles. The molecule has 1 atom stereocenters. The molecule has 0 heterocycles. The Hall–Kier alpha value is -1.27. The molecule has 0 radical (unpaired) electrons. The molecule has 6 heteroatoms. The number of hydrogen-bond donors (Lipinski definition) is 2. The van der Waals surface area contributed by atoms with Gasteiger partial charge in [-0.15, -0.1) is 13.2 Å². The number of halogens is 3. The maximum atomic E-state index is 12.0. The predicted molar refractivity (Wildman–Crippen MR) is 72.5 cm³/mol. The van der Waals surface area contributed by atoms with Crippen LogP contribution in [0, 0.1) is 6.92 Å². The van der Waals surface area contributed by atoms with Gasteiger partial charge in [0, 0.05) is 0 Å². The van der Waals surface area contributed by atoms with Crippen molar-refractivity contribution in [2.24, 2.45) is 5.73 Å². The zero-order chi connectivity index (χ0) is 15.8. The summed E-state index contributed by atoms with van der Waals surface area (Å²) in [6.07, 6.45) is -4.07. The van der Waals surface area contributed by atoms with Crippen LogP contribution in [0.5, 0.6) is 5.75 Å². The second-order valence-corrected chi connectivity index (χ2v) is 4.43. The fourth-order valence-electron chi connectivity index (χ4n) is 1.49. The largest absolute Gasteiger partial charge is 0.573 e. The zero-order valence-electron chi connectivity index (χ0n) is 12.0. The summed E-state index contributed by atoms with van der Waals surface area (Å²) < 4.78 is 40.0. The van der Waals surface area contributed by atoms with Crippen LogP contribution in [-0.2, 0) is 0 Å². The van der Waals surface area contributed by atoms with E-state index < -0.39 is 12.5 Å². The zero-order valence-corrected chi connectivity index (χ0v) is 12.0. The van der Waals surface area contributed by atoms with Gasteiger partial charge in [-0.3, -0.25) is 0 Å². The maximum absolute atomic E-state index is 12.0. The van der Waals surface area contributed by atoms with Crippen molar-refractivity contribution < 1.29 is 23.0 Å². The van der Waals surface area contributed by atoms with Gasteiger partial charge < -0.3 is 15.6 Å². The maximum Gasteiger partial charge on any atom is 0.573 e. The first-order valence-electron chi connectivity index (χ1n) is 6.48. The quantitative estimate of drug-likeness (QED) is 0.890. The fourth-order valence-corrected chi connectivity index (χ4v) is 1.49. The second kappa shape index (κ2) is 8.81. The average molecular weight is 293 g/mol. The van der Waals surface area contributed by atoms with Gasteiger partial charge in [0.1, 0.15) is 5.75 Å². The molecule has 116 valence electrons. The van der Waals surface area contributed by atoms with E-state index in [2.05, 4.69) is 18.6 Å². The number of rotatable bonds is 4. The molecule has 3 N–H and O–H groups in total. The summed E-state index contributed by atoms with van der Waals surface area (Å²) in [6.45, 7) is 6.13. The molecule has 0 aromatic heterocycles. The smallest absolute Gasteiger partial charge is 0.406 e. The van der Waals surface area contributed by atoms with Gasteiger partial charge in [-0.2, -0.15) is 0 Å². The molecule has 20 heavy (non-hydrogen) atoms. The van der Waals surface area contributed by atoms with Crippen LogP contribution >= 0.6 is 0 Å². The Balaban J connectivity index is 0.00000110. The van der Waals surface area contributed by atoms with Crippen molar-refractivity contribution >= 4 is 0 Å². The van der Waals surface area contributed by atoms with E-state index in [-0.39, 0.29) is 18.7 Å². The van der Waals surface area contributed by atoms with E-state index in [9.17, 15) is 18.3 Å². The van der Waals surface area contributed by atoms with E-state index in [1.807, 2.05) is 0 Å². The lowest BCUT2D eigenvalue weighted by Crippen LogP contribution is -2.17. The highest BCUT2D eigenvalue weighted by Gasteiger charge is 2.31. The number of nitrogens with two attached hydrogens (primary N) is 1. The standard InChI is InChI=1S/C11H14F3NO2.C3H8/c1-7-4-8(10(16)2-3-15)6-9(5-7)17-11(12,13)14;1-3-2/h4-6,10,16H,2-3,15H2,1H3;3H2,1-2H3. The molecular weight excluding hydrogens is 271 g/mol. The molecule has 0 bridgehead atoms. The lowest BCUT2D eigenvalue weighted by Gasteiger charge is -2.14. The molecule has 1 aromatic rings.